The summed E-state index contributed by atoms with van der Waals surface area (Å²) in [5.74, 6) is 7.10. The van der Waals surface area contributed by atoms with Crippen LogP contribution in [-0.2, 0) is 14.3 Å². The van der Waals surface area contributed by atoms with Crippen molar-refractivity contribution >= 4 is 12.4 Å². The van der Waals surface area contributed by atoms with E-state index in [1.807, 2.05) is 0 Å². The molecule has 0 aliphatic carbocycles. The van der Waals surface area contributed by atoms with Gasteiger partial charge in [0.05, 0.1) is 26.4 Å². The van der Waals surface area contributed by atoms with E-state index in [-0.39, 0.29) is 12.4 Å². The minimum Gasteiger partial charge on any atom is -0.377 e. The summed E-state index contributed by atoms with van der Waals surface area (Å²) in [6.07, 6.45) is 4.94. The molecule has 0 spiro atoms. The van der Waals surface area contributed by atoms with Gasteiger partial charge in [0, 0.05) is 0 Å². The lowest BCUT2D eigenvalue weighted by Gasteiger charge is -2.01. The number of ether oxygens (including phenoxy) is 2. The average molecular weight is 196 g/mol. The van der Waals surface area contributed by atoms with Crippen LogP contribution in [0.15, 0.2) is 0 Å². The lowest BCUT2D eigenvalue weighted by molar-refractivity contribution is 0.0200. The van der Waals surface area contributed by atoms with Crippen molar-refractivity contribution in [2.24, 2.45) is 5.90 Å². The first-order valence-electron chi connectivity index (χ1n) is 3.32. The highest BCUT2D eigenvalue weighted by Gasteiger charge is 1.87. The smallest absolute Gasteiger partial charge is 0.107 e. The van der Waals surface area contributed by atoms with Crippen molar-refractivity contribution in [2.75, 3.05) is 33.0 Å². The third kappa shape index (κ3) is 12.4. The minimum absolute atomic E-state index is 0. The summed E-state index contributed by atoms with van der Waals surface area (Å²) in [5, 5.41) is 0. The molecule has 2 N–H and O–H groups in total. The van der Waals surface area contributed by atoms with Crippen molar-refractivity contribution in [3.8, 4) is 12.3 Å². The second-order valence-corrected chi connectivity index (χ2v) is 1.74. The van der Waals surface area contributed by atoms with Crippen molar-refractivity contribution in [1.82, 2.24) is 0 Å². The van der Waals surface area contributed by atoms with Crippen molar-refractivity contribution in [3.63, 3.8) is 0 Å². The zero-order valence-corrected chi connectivity index (χ0v) is 7.64. The second-order valence-electron chi connectivity index (χ2n) is 1.74. The third-order valence-electron chi connectivity index (χ3n) is 0.903. The minimum atomic E-state index is 0. The van der Waals surface area contributed by atoms with Gasteiger partial charge < -0.3 is 14.3 Å². The van der Waals surface area contributed by atoms with Crippen LogP contribution in [0.5, 0.6) is 0 Å². The molecule has 0 radical (unpaired) electrons. The van der Waals surface area contributed by atoms with Crippen LogP contribution in [-0.4, -0.2) is 33.0 Å². The molecule has 0 fully saturated rings. The number of halogens is 1. The summed E-state index contributed by atoms with van der Waals surface area (Å²) in [4.78, 5) is 4.27. The maximum Gasteiger partial charge on any atom is 0.107 e. The van der Waals surface area contributed by atoms with Gasteiger partial charge in [-0.15, -0.1) is 18.8 Å². The fourth-order valence-electron chi connectivity index (χ4n) is 0.458. The largest absolute Gasteiger partial charge is 0.377 e. The van der Waals surface area contributed by atoms with Crippen LogP contribution in [0.25, 0.3) is 0 Å². The Bertz CT molecular complexity index is 116. The number of terminal acetylenes is 1. The van der Waals surface area contributed by atoms with Crippen LogP contribution in [0.1, 0.15) is 0 Å². The lowest BCUT2D eigenvalue weighted by atomic mass is 10.7. The predicted octanol–water partition coefficient (Wildman–Crippen LogP) is -0.0351. The molecule has 0 saturated carbocycles. The molecule has 5 heteroatoms. The molecule has 0 unspecified atom stereocenters. The summed E-state index contributed by atoms with van der Waals surface area (Å²) in [5.41, 5.74) is 0. The second kappa shape index (κ2) is 13.3. The van der Waals surface area contributed by atoms with Crippen LogP contribution in [0, 0.1) is 12.3 Å². The van der Waals surface area contributed by atoms with Gasteiger partial charge in [0.15, 0.2) is 0 Å². The molecule has 12 heavy (non-hydrogen) atoms. The van der Waals surface area contributed by atoms with E-state index < -0.39 is 0 Å². The Hall–Kier alpha value is -0.310. The van der Waals surface area contributed by atoms with Gasteiger partial charge >= 0.3 is 0 Å². The van der Waals surface area contributed by atoms with Crippen LogP contribution >= 0.6 is 12.4 Å². The topological polar surface area (TPSA) is 53.7 Å². The Morgan fingerprint density at radius 1 is 1.08 bits per heavy atom. The van der Waals surface area contributed by atoms with E-state index in [4.69, 9.17) is 21.8 Å². The molecule has 0 amide bonds. The number of rotatable bonds is 7. The first-order valence-corrected chi connectivity index (χ1v) is 3.32. The molecule has 0 aromatic carbocycles. The molecule has 0 atom stereocenters. The first-order chi connectivity index (χ1) is 5.41. The van der Waals surface area contributed by atoms with Crippen LogP contribution in [0.3, 0.4) is 0 Å². The van der Waals surface area contributed by atoms with Gasteiger partial charge in [-0.1, -0.05) is 5.92 Å². The number of nitrogens with two attached hydrogens (primary N) is 1. The first kappa shape index (κ1) is 14.2. The van der Waals surface area contributed by atoms with Crippen molar-refractivity contribution in [1.29, 1.82) is 0 Å². The highest BCUT2D eigenvalue weighted by atomic mass is 35.5. The molecule has 4 nitrogen and oxygen atoms in total. The highest BCUT2D eigenvalue weighted by Crippen LogP contribution is 1.77. The Morgan fingerprint density at radius 2 is 1.67 bits per heavy atom. The van der Waals surface area contributed by atoms with Crippen molar-refractivity contribution in [3.05, 3.63) is 0 Å². The normalized spacial score (nSPS) is 8.67. The van der Waals surface area contributed by atoms with Gasteiger partial charge in [-0.3, -0.25) is 0 Å². The molecule has 72 valence electrons. The van der Waals surface area contributed by atoms with Gasteiger partial charge in [0.1, 0.15) is 6.61 Å². The van der Waals surface area contributed by atoms with Crippen molar-refractivity contribution in [2.45, 2.75) is 0 Å². The predicted molar refractivity (Wildman–Crippen MR) is 47.9 cm³/mol. The van der Waals surface area contributed by atoms with Gasteiger partial charge in [0.2, 0.25) is 0 Å². The molecular weight excluding hydrogens is 182 g/mol. The van der Waals surface area contributed by atoms with Crippen LogP contribution < -0.4 is 5.90 Å². The lowest BCUT2D eigenvalue weighted by Crippen LogP contribution is -2.11. The third-order valence-corrected chi connectivity index (χ3v) is 0.903. The molecule has 0 saturated heterocycles. The van der Waals surface area contributed by atoms with Crippen molar-refractivity contribution < 1.29 is 14.3 Å². The maximum absolute atomic E-state index is 5.02. The molecule has 0 rings (SSSR count). The van der Waals surface area contributed by atoms with E-state index >= 15 is 0 Å². The van der Waals surface area contributed by atoms with Gasteiger partial charge in [0.25, 0.3) is 0 Å². The fraction of sp³-hybridized carbons (Fsp3) is 0.714. The van der Waals surface area contributed by atoms with E-state index in [2.05, 4.69) is 10.8 Å². The van der Waals surface area contributed by atoms with E-state index in [9.17, 15) is 0 Å². The molecule has 0 aromatic heterocycles. The molecule has 0 aromatic rings. The standard InChI is InChI=1S/C7H13NO3.ClH/c1-2-3-9-4-5-10-6-7-11-8;/h1H,3-8H2;1H. The van der Waals surface area contributed by atoms with E-state index in [1.54, 1.807) is 0 Å². The summed E-state index contributed by atoms with van der Waals surface area (Å²) >= 11 is 0. The maximum atomic E-state index is 5.02. The molecule has 0 aliphatic heterocycles. The Labute approximate surface area is 78.7 Å². The molecule has 0 bridgehead atoms. The summed E-state index contributed by atoms with van der Waals surface area (Å²) < 4.78 is 9.95. The average Bonchev–Trinajstić information content (AvgIpc) is 2.03. The quantitative estimate of drug-likeness (QED) is 0.352. The van der Waals surface area contributed by atoms with E-state index in [0.717, 1.165) is 0 Å². The highest BCUT2D eigenvalue weighted by molar-refractivity contribution is 5.85. The van der Waals surface area contributed by atoms with Crippen LogP contribution in [0.2, 0.25) is 0 Å². The summed E-state index contributed by atoms with van der Waals surface area (Å²) in [6, 6.07) is 0. The number of hydrogen-bond acceptors (Lipinski definition) is 4. The molecule has 0 heterocycles. The Morgan fingerprint density at radius 3 is 2.25 bits per heavy atom. The number of hydrogen-bond donors (Lipinski definition) is 1. The zero-order valence-electron chi connectivity index (χ0n) is 6.82. The van der Waals surface area contributed by atoms with Gasteiger partial charge in [-0.25, -0.2) is 5.90 Å². The zero-order chi connectivity index (χ0) is 8.36. The fourth-order valence-corrected chi connectivity index (χ4v) is 0.458. The SMILES string of the molecule is C#CCOCCOCCON.Cl. The monoisotopic (exact) mass is 195 g/mol. The van der Waals surface area contributed by atoms with E-state index in [1.165, 1.54) is 0 Å². The molecule has 0 aliphatic rings. The van der Waals surface area contributed by atoms with Crippen LogP contribution in [0.4, 0.5) is 0 Å². The van der Waals surface area contributed by atoms with Gasteiger partial charge in [-0.2, -0.15) is 0 Å². The van der Waals surface area contributed by atoms with Gasteiger partial charge in [-0.05, 0) is 0 Å². The Balaban J connectivity index is 0. The summed E-state index contributed by atoms with van der Waals surface area (Å²) in [6.45, 7) is 2.24. The van der Waals surface area contributed by atoms with E-state index in [0.29, 0.717) is 33.0 Å². The molecular formula is C7H14ClNO3. The Kier molecular flexibility index (Phi) is 15.8. The summed E-state index contributed by atoms with van der Waals surface area (Å²) in [7, 11) is 0.